The maximum Gasteiger partial charge on any atom is 0.337 e. The molecule has 12 heteroatoms. The van der Waals surface area contributed by atoms with Gasteiger partial charge in [0.15, 0.2) is 0 Å². The second-order valence-corrected chi connectivity index (χ2v) is 11.0. The molecule has 0 amide bonds. The van der Waals surface area contributed by atoms with Gasteiger partial charge in [0.1, 0.15) is 4.90 Å². The van der Waals surface area contributed by atoms with E-state index in [0.29, 0.717) is 5.56 Å². The summed E-state index contributed by atoms with van der Waals surface area (Å²) in [5.74, 6) is -1.34. The largest absolute Gasteiger partial charge is 0.478 e. The minimum Gasteiger partial charge on any atom is -0.478 e. The lowest BCUT2D eigenvalue weighted by molar-refractivity contribution is -0.385. The number of nitrogens with zero attached hydrogens (tertiary/aromatic N) is 3. The molecule has 0 saturated carbocycles. The van der Waals surface area contributed by atoms with Gasteiger partial charge in [-0.2, -0.15) is 5.10 Å². The normalized spacial score (nSPS) is 11.2. The molecule has 3 N–H and O–H groups in total. The molecule has 0 unspecified atom stereocenters. The van der Waals surface area contributed by atoms with Crippen molar-refractivity contribution in [2.75, 3.05) is 15.0 Å². The number of carboxylic acid groups (broad SMARTS) is 1. The fraction of sp³-hybridized carbons (Fsp3) is 0. The SMILES string of the molecule is O=C(O)c1ccccc1NS(=O)(=O)c1cc([N+](=O)[O-])ccc1NN=Cc1ccc(N(c2ccccc2)c2ccccc2)cc1. The Hall–Kier alpha value is -6.01. The van der Waals surface area contributed by atoms with Crippen molar-refractivity contribution in [1.29, 1.82) is 0 Å². The van der Waals surface area contributed by atoms with Gasteiger partial charge in [-0.15, -0.1) is 0 Å². The Morgan fingerprint density at radius 3 is 1.93 bits per heavy atom. The van der Waals surface area contributed by atoms with Gasteiger partial charge < -0.3 is 10.0 Å². The molecule has 44 heavy (non-hydrogen) atoms. The fourth-order valence-corrected chi connectivity index (χ4v) is 5.64. The monoisotopic (exact) mass is 607 g/mol. The predicted molar refractivity (Wildman–Crippen MR) is 170 cm³/mol. The number of nitro benzene ring substituents is 1. The summed E-state index contributed by atoms with van der Waals surface area (Å²) in [6, 6.07) is 36.0. The molecule has 0 atom stereocenters. The van der Waals surface area contributed by atoms with Crippen LogP contribution in [0.15, 0.2) is 137 Å². The Kier molecular flexibility index (Phi) is 8.63. The number of hydrogen-bond acceptors (Lipinski definition) is 8. The van der Waals surface area contributed by atoms with Crippen molar-refractivity contribution in [3.8, 4) is 0 Å². The topological polar surface area (TPSA) is 154 Å². The Balaban J connectivity index is 1.40. The molecule has 0 saturated heterocycles. The lowest BCUT2D eigenvalue weighted by Gasteiger charge is -2.25. The molecule has 0 spiro atoms. The molecule has 0 radical (unpaired) electrons. The first kappa shape index (κ1) is 29.5. The standard InChI is InChI=1S/C32H25N5O6S/c38-32(39)28-13-7-8-14-29(28)35-44(42,43)31-21-27(37(40)41)19-20-30(31)34-33-22-23-15-17-26(18-16-23)36(24-9-3-1-4-10-24)25-11-5-2-6-12-25/h1-22,34-35H,(H,38,39). The van der Waals surface area contributed by atoms with Gasteiger partial charge in [0.25, 0.3) is 15.7 Å². The highest BCUT2D eigenvalue weighted by Gasteiger charge is 2.24. The highest BCUT2D eigenvalue weighted by Crippen LogP contribution is 2.34. The van der Waals surface area contributed by atoms with Crippen LogP contribution in [0.5, 0.6) is 0 Å². The van der Waals surface area contributed by atoms with Gasteiger partial charge in [-0.3, -0.25) is 20.3 Å². The number of nitrogens with one attached hydrogen (secondary N) is 2. The van der Waals surface area contributed by atoms with Crippen LogP contribution in [0.1, 0.15) is 15.9 Å². The third-order valence-corrected chi connectivity index (χ3v) is 7.85. The van der Waals surface area contributed by atoms with Crippen LogP contribution in [-0.2, 0) is 10.0 Å². The average molecular weight is 608 g/mol. The maximum absolute atomic E-state index is 13.3. The summed E-state index contributed by atoms with van der Waals surface area (Å²) in [6.07, 6.45) is 1.48. The van der Waals surface area contributed by atoms with Crippen LogP contribution in [0.4, 0.5) is 34.1 Å². The van der Waals surface area contributed by atoms with E-state index in [1.54, 1.807) is 0 Å². The first-order chi connectivity index (χ1) is 21.2. The quantitative estimate of drug-likeness (QED) is 0.0823. The lowest BCUT2D eigenvalue weighted by atomic mass is 10.1. The number of carbonyl (C=O) groups is 1. The van der Waals surface area contributed by atoms with Crippen molar-refractivity contribution in [3.63, 3.8) is 0 Å². The summed E-state index contributed by atoms with van der Waals surface area (Å²) in [6.45, 7) is 0. The van der Waals surface area contributed by atoms with Crippen molar-refractivity contribution >= 4 is 56.3 Å². The van der Waals surface area contributed by atoms with Crippen LogP contribution in [0.3, 0.4) is 0 Å². The van der Waals surface area contributed by atoms with E-state index in [1.165, 1.54) is 36.5 Å². The number of benzene rings is 5. The molecule has 0 aliphatic heterocycles. The van der Waals surface area contributed by atoms with Gasteiger partial charge in [-0.05, 0) is 60.2 Å². The first-order valence-corrected chi connectivity index (χ1v) is 14.6. The Labute approximate surface area is 252 Å². The van der Waals surface area contributed by atoms with Gasteiger partial charge in [0, 0.05) is 29.2 Å². The second kappa shape index (κ2) is 12.9. The third-order valence-electron chi connectivity index (χ3n) is 6.45. The van der Waals surface area contributed by atoms with E-state index in [1.807, 2.05) is 84.9 Å². The zero-order chi connectivity index (χ0) is 31.1. The van der Waals surface area contributed by atoms with Crippen LogP contribution < -0.4 is 15.0 Å². The lowest BCUT2D eigenvalue weighted by Crippen LogP contribution is -2.17. The van der Waals surface area contributed by atoms with Crippen molar-refractivity contribution in [3.05, 3.63) is 149 Å². The van der Waals surface area contributed by atoms with E-state index in [0.717, 1.165) is 29.2 Å². The van der Waals surface area contributed by atoms with E-state index < -0.39 is 31.5 Å². The first-order valence-electron chi connectivity index (χ1n) is 13.2. The van der Waals surface area contributed by atoms with Gasteiger partial charge in [0.05, 0.1) is 28.1 Å². The summed E-state index contributed by atoms with van der Waals surface area (Å²) in [4.78, 5) is 23.9. The van der Waals surface area contributed by atoms with Gasteiger partial charge in [-0.25, -0.2) is 13.2 Å². The van der Waals surface area contributed by atoms with Crippen molar-refractivity contribution in [1.82, 2.24) is 0 Å². The number of hydrogen-bond donors (Lipinski definition) is 3. The van der Waals surface area contributed by atoms with Crippen molar-refractivity contribution in [2.24, 2.45) is 5.10 Å². The summed E-state index contributed by atoms with van der Waals surface area (Å²) in [7, 11) is -4.48. The van der Waals surface area contributed by atoms with E-state index >= 15 is 0 Å². The van der Waals surface area contributed by atoms with E-state index in [4.69, 9.17) is 0 Å². The van der Waals surface area contributed by atoms with Crippen LogP contribution in [0.2, 0.25) is 0 Å². The van der Waals surface area contributed by atoms with Crippen LogP contribution in [-0.4, -0.2) is 30.6 Å². The molecule has 0 fully saturated rings. The highest BCUT2D eigenvalue weighted by atomic mass is 32.2. The summed E-state index contributed by atoms with van der Waals surface area (Å²) in [5, 5.41) is 25.0. The molecular formula is C32H25N5O6S. The number of rotatable bonds is 11. The Morgan fingerprint density at radius 1 is 0.773 bits per heavy atom. The number of para-hydroxylation sites is 3. The zero-order valence-corrected chi connectivity index (χ0v) is 23.8. The van der Waals surface area contributed by atoms with Crippen molar-refractivity contribution in [2.45, 2.75) is 4.90 Å². The van der Waals surface area contributed by atoms with Gasteiger partial charge >= 0.3 is 5.97 Å². The van der Waals surface area contributed by atoms with Crippen LogP contribution in [0.25, 0.3) is 0 Å². The number of non-ortho nitro benzene ring substituents is 1. The second-order valence-electron chi connectivity index (χ2n) is 9.36. The predicted octanol–water partition coefficient (Wildman–Crippen LogP) is 7.01. The molecule has 220 valence electrons. The molecule has 0 aliphatic carbocycles. The van der Waals surface area contributed by atoms with Crippen LogP contribution >= 0.6 is 0 Å². The molecule has 5 aromatic carbocycles. The average Bonchev–Trinajstić information content (AvgIpc) is 3.03. The van der Waals surface area contributed by atoms with E-state index in [9.17, 15) is 28.4 Å². The Morgan fingerprint density at radius 2 is 1.34 bits per heavy atom. The molecule has 0 aliphatic rings. The summed E-state index contributed by atoms with van der Waals surface area (Å²) < 4.78 is 28.8. The number of anilines is 5. The number of sulfonamides is 1. The zero-order valence-electron chi connectivity index (χ0n) is 22.9. The van der Waals surface area contributed by atoms with Crippen molar-refractivity contribution < 1.29 is 23.2 Å². The number of nitro groups is 1. The molecule has 0 bridgehead atoms. The molecule has 0 aromatic heterocycles. The molecule has 5 rings (SSSR count). The minimum absolute atomic E-state index is 0.0527. The van der Waals surface area contributed by atoms with Crippen LogP contribution in [0, 0.1) is 10.1 Å². The highest BCUT2D eigenvalue weighted by molar-refractivity contribution is 7.93. The summed E-state index contributed by atoms with van der Waals surface area (Å²) in [5.41, 5.74) is 5.21. The third kappa shape index (κ3) is 6.72. The van der Waals surface area contributed by atoms with E-state index in [2.05, 4.69) is 20.1 Å². The summed E-state index contributed by atoms with van der Waals surface area (Å²) >= 11 is 0. The van der Waals surface area contributed by atoms with E-state index in [-0.39, 0.29) is 16.9 Å². The number of hydrazone groups is 1. The van der Waals surface area contributed by atoms with Gasteiger partial charge in [0.2, 0.25) is 0 Å². The number of aromatic carboxylic acids is 1. The smallest absolute Gasteiger partial charge is 0.337 e. The number of carboxylic acids is 1. The molecular weight excluding hydrogens is 582 g/mol. The minimum atomic E-state index is -4.48. The molecule has 5 aromatic rings. The fourth-order valence-electron chi connectivity index (χ4n) is 4.38. The van der Waals surface area contributed by atoms with Gasteiger partial charge in [-0.1, -0.05) is 60.7 Å². The molecule has 0 heterocycles. The maximum atomic E-state index is 13.3. The molecule has 11 nitrogen and oxygen atoms in total. The Bertz CT molecular complexity index is 1890.